The minimum atomic E-state index is -0.562. The minimum absolute atomic E-state index is 0.122. The van der Waals surface area contributed by atoms with Crippen LogP contribution in [0, 0.1) is 13.8 Å². The lowest BCUT2D eigenvalue weighted by Crippen LogP contribution is -2.31. The van der Waals surface area contributed by atoms with E-state index in [0.29, 0.717) is 18.1 Å². The fourth-order valence-electron chi connectivity index (χ4n) is 2.69. The highest BCUT2D eigenvalue weighted by atomic mass is 79.9. The Morgan fingerprint density at radius 2 is 1.96 bits per heavy atom. The Hall–Kier alpha value is -2.81. The standard InChI is InChI=1S/C19H20BrN5O3/c1-12-8-13(2)25-19(21-12)22-16(23-25)9-18(27)28-11-17(26)24(3)10-14-6-4-5-7-15(14)20/h4-8H,9-11H2,1-3H3. The number of halogens is 1. The molecule has 1 aromatic carbocycles. The summed E-state index contributed by atoms with van der Waals surface area (Å²) in [4.78, 5) is 34.3. The number of benzene rings is 1. The molecular weight excluding hydrogens is 426 g/mol. The topological polar surface area (TPSA) is 89.7 Å². The summed E-state index contributed by atoms with van der Waals surface area (Å²) in [6, 6.07) is 9.52. The minimum Gasteiger partial charge on any atom is -0.455 e. The average Bonchev–Trinajstić information content (AvgIpc) is 3.04. The monoisotopic (exact) mass is 445 g/mol. The lowest BCUT2D eigenvalue weighted by molar-refractivity contribution is -0.151. The van der Waals surface area contributed by atoms with Crippen molar-refractivity contribution in [2.45, 2.75) is 26.8 Å². The van der Waals surface area contributed by atoms with Gasteiger partial charge in [0.15, 0.2) is 12.4 Å². The average molecular weight is 446 g/mol. The number of aromatic nitrogens is 4. The first-order valence-electron chi connectivity index (χ1n) is 8.66. The number of hydrogen-bond donors (Lipinski definition) is 0. The number of hydrogen-bond acceptors (Lipinski definition) is 6. The first-order chi connectivity index (χ1) is 13.3. The van der Waals surface area contributed by atoms with Gasteiger partial charge in [-0.1, -0.05) is 34.1 Å². The van der Waals surface area contributed by atoms with E-state index in [9.17, 15) is 9.59 Å². The lowest BCUT2D eigenvalue weighted by atomic mass is 10.2. The molecule has 0 saturated carbocycles. The molecule has 0 N–H and O–H groups in total. The molecule has 1 amide bonds. The SMILES string of the molecule is Cc1cc(C)n2nc(CC(=O)OCC(=O)N(C)Cc3ccccc3Br)nc2n1. The number of likely N-dealkylation sites (N-methyl/N-ethyl adjacent to an activating group) is 1. The van der Waals surface area contributed by atoms with Crippen LogP contribution in [-0.2, 0) is 27.3 Å². The van der Waals surface area contributed by atoms with E-state index in [2.05, 4.69) is 31.0 Å². The van der Waals surface area contributed by atoms with Gasteiger partial charge in [0.25, 0.3) is 11.7 Å². The summed E-state index contributed by atoms with van der Waals surface area (Å²) in [5, 5.41) is 4.26. The fraction of sp³-hybridized carbons (Fsp3) is 0.316. The van der Waals surface area contributed by atoms with Crippen molar-refractivity contribution in [1.82, 2.24) is 24.5 Å². The van der Waals surface area contributed by atoms with Gasteiger partial charge in [-0.15, -0.1) is 5.10 Å². The first kappa shape index (κ1) is 19.9. The number of rotatable bonds is 6. The summed E-state index contributed by atoms with van der Waals surface area (Å²) in [5.74, 6) is -0.113. The highest BCUT2D eigenvalue weighted by Crippen LogP contribution is 2.17. The molecule has 0 fully saturated rings. The van der Waals surface area contributed by atoms with Crippen molar-refractivity contribution in [3.8, 4) is 0 Å². The van der Waals surface area contributed by atoms with Crippen molar-refractivity contribution in [1.29, 1.82) is 0 Å². The zero-order valence-electron chi connectivity index (χ0n) is 15.8. The van der Waals surface area contributed by atoms with E-state index in [1.165, 1.54) is 4.90 Å². The second-order valence-electron chi connectivity index (χ2n) is 6.46. The van der Waals surface area contributed by atoms with Crippen LogP contribution in [0.15, 0.2) is 34.8 Å². The van der Waals surface area contributed by atoms with Crippen LogP contribution < -0.4 is 0 Å². The third-order valence-electron chi connectivity index (χ3n) is 4.11. The van der Waals surface area contributed by atoms with E-state index < -0.39 is 5.97 Å². The van der Waals surface area contributed by atoms with Crippen molar-refractivity contribution in [2.24, 2.45) is 0 Å². The molecule has 3 aromatic rings. The molecule has 0 saturated heterocycles. The molecule has 0 aliphatic rings. The zero-order chi connectivity index (χ0) is 20.3. The molecule has 0 radical (unpaired) electrons. The second-order valence-corrected chi connectivity index (χ2v) is 7.31. The van der Waals surface area contributed by atoms with Crippen LogP contribution in [0.5, 0.6) is 0 Å². The molecular formula is C19H20BrN5O3. The number of aryl methyl sites for hydroxylation is 2. The molecule has 0 aliphatic carbocycles. The highest BCUT2D eigenvalue weighted by molar-refractivity contribution is 9.10. The third kappa shape index (κ3) is 4.72. The quantitative estimate of drug-likeness (QED) is 0.540. The van der Waals surface area contributed by atoms with Gasteiger partial charge >= 0.3 is 5.97 Å². The molecule has 2 heterocycles. The van der Waals surface area contributed by atoms with Crippen molar-refractivity contribution >= 4 is 33.6 Å². The maximum Gasteiger partial charge on any atom is 0.314 e. The van der Waals surface area contributed by atoms with Crippen LogP contribution in [0.25, 0.3) is 5.78 Å². The molecule has 146 valence electrons. The van der Waals surface area contributed by atoms with Crippen LogP contribution in [0.4, 0.5) is 0 Å². The maximum absolute atomic E-state index is 12.2. The van der Waals surface area contributed by atoms with E-state index in [-0.39, 0.29) is 18.9 Å². The van der Waals surface area contributed by atoms with Gasteiger partial charge in [-0.25, -0.2) is 9.50 Å². The predicted octanol–water partition coefficient (Wildman–Crippen LogP) is 2.25. The Balaban J connectivity index is 1.54. The van der Waals surface area contributed by atoms with E-state index in [1.807, 2.05) is 44.2 Å². The van der Waals surface area contributed by atoms with Gasteiger partial charge in [0.1, 0.15) is 6.42 Å². The molecule has 9 heteroatoms. The summed E-state index contributed by atoms with van der Waals surface area (Å²) < 4.78 is 7.59. The van der Waals surface area contributed by atoms with Gasteiger partial charge in [0.05, 0.1) is 0 Å². The third-order valence-corrected chi connectivity index (χ3v) is 4.89. The molecule has 28 heavy (non-hydrogen) atoms. The van der Waals surface area contributed by atoms with Gasteiger partial charge in [-0.05, 0) is 31.5 Å². The normalized spacial score (nSPS) is 10.9. The molecule has 8 nitrogen and oxygen atoms in total. The Labute approximate surface area is 170 Å². The van der Waals surface area contributed by atoms with Crippen LogP contribution in [0.3, 0.4) is 0 Å². The number of carbonyl (C=O) groups is 2. The zero-order valence-corrected chi connectivity index (χ0v) is 17.4. The van der Waals surface area contributed by atoms with Crippen LogP contribution >= 0.6 is 15.9 Å². The number of nitrogens with zero attached hydrogens (tertiary/aromatic N) is 5. The summed E-state index contributed by atoms with van der Waals surface area (Å²) in [5.41, 5.74) is 2.67. The van der Waals surface area contributed by atoms with Gasteiger partial charge in [0, 0.05) is 29.5 Å². The Kier molecular flexibility index (Phi) is 6.03. The first-order valence-corrected chi connectivity index (χ1v) is 9.45. The molecule has 3 rings (SSSR count). The molecule has 0 bridgehead atoms. The van der Waals surface area contributed by atoms with Crippen molar-refractivity contribution in [3.63, 3.8) is 0 Å². The summed E-state index contributed by atoms with van der Waals surface area (Å²) in [7, 11) is 1.66. The molecule has 0 atom stereocenters. The van der Waals surface area contributed by atoms with E-state index in [4.69, 9.17) is 4.74 Å². The fourth-order valence-corrected chi connectivity index (χ4v) is 3.10. The second kappa shape index (κ2) is 8.47. The van der Waals surface area contributed by atoms with Crippen molar-refractivity contribution in [2.75, 3.05) is 13.7 Å². The van der Waals surface area contributed by atoms with E-state index in [1.54, 1.807) is 11.6 Å². The Morgan fingerprint density at radius 1 is 1.21 bits per heavy atom. The number of carbonyl (C=O) groups excluding carboxylic acids is 2. The number of fused-ring (bicyclic) bond motifs is 1. The molecule has 0 aliphatic heterocycles. The van der Waals surface area contributed by atoms with Crippen LogP contribution in [0.1, 0.15) is 22.8 Å². The summed E-state index contributed by atoms with van der Waals surface area (Å²) in [6.45, 7) is 3.84. The Morgan fingerprint density at radius 3 is 2.71 bits per heavy atom. The van der Waals surface area contributed by atoms with Crippen LogP contribution in [-0.4, -0.2) is 50.0 Å². The van der Waals surface area contributed by atoms with Crippen molar-refractivity contribution in [3.05, 3.63) is 57.6 Å². The number of ether oxygens (including phenoxy) is 1. The lowest BCUT2D eigenvalue weighted by Gasteiger charge is -2.18. The number of amides is 1. The smallest absolute Gasteiger partial charge is 0.314 e. The van der Waals surface area contributed by atoms with Gasteiger partial charge in [-0.3, -0.25) is 9.59 Å². The molecule has 2 aromatic heterocycles. The van der Waals surface area contributed by atoms with Crippen molar-refractivity contribution < 1.29 is 14.3 Å². The molecule has 0 spiro atoms. The van der Waals surface area contributed by atoms with E-state index >= 15 is 0 Å². The van der Waals surface area contributed by atoms with Gasteiger partial charge < -0.3 is 9.64 Å². The summed E-state index contributed by atoms with van der Waals surface area (Å²) in [6.07, 6.45) is -0.122. The maximum atomic E-state index is 12.2. The van der Waals surface area contributed by atoms with Gasteiger partial charge in [-0.2, -0.15) is 4.98 Å². The largest absolute Gasteiger partial charge is 0.455 e. The highest BCUT2D eigenvalue weighted by Gasteiger charge is 2.16. The summed E-state index contributed by atoms with van der Waals surface area (Å²) >= 11 is 3.45. The predicted molar refractivity (Wildman–Crippen MR) is 106 cm³/mol. The van der Waals surface area contributed by atoms with Crippen LogP contribution in [0.2, 0.25) is 0 Å². The van der Waals surface area contributed by atoms with E-state index in [0.717, 1.165) is 21.4 Å². The Bertz CT molecular complexity index is 1030. The molecule has 0 unspecified atom stereocenters. The number of esters is 1. The van der Waals surface area contributed by atoms with Gasteiger partial charge in [0.2, 0.25) is 0 Å².